The van der Waals surface area contributed by atoms with Gasteiger partial charge >= 0.3 is 0 Å². The number of fused-ring (bicyclic) bond motifs is 1. The summed E-state index contributed by atoms with van der Waals surface area (Å²) in [6.45, 7) is 6.44. The van der Waals surface area contributed by atoms with Crippen LogP contribution in [0.2, 0.25) is 0 Å². The van der Waals surface area contributed by atoms with E-state index in [2.05, 4.69) is 18.7 Å². The van der Waals surface area contributed by atoms with E-state index in [-0.39, 0.29) is 17.3 Å². The van der Waals surface area contributed by atoms with E-state index in [1.54, 1.807) is 0 Å². The molecule has 4 nitrogen and oxygen atoms in total. The Morgan fingerprint density at radius 2 is 1.86 bits per heavy atom. The van der Waals surface area contributed by atoms with E-state index in [0.717, 1.165) is 37.4 Å². The van der Waals surface area contributed by atoms with Crippen LogP contribution in [0.25, 0.3) is 0 Å². The summed E-state index contributed by atoms with van der Waals surface area (Å²) in [7, 11) is 0. The summed E-state index contributed by atoms with van der Waals surface area (Å²) in [6, 6.07) is 16.8. The third-order valence-corrected chi connectivity index (χ3v) is 6.22. The number of rotatable bonds is 5. The highest BCUT2D eigenvalue weighted by Crippen LogP contribution is 2.44. The number of carbonyl (C=O) groups excluding carboxylic acids is 1. The Bertz CT molecular complexity index is 838. The second kappa shape index (κ2) is 8.05. The van der Waals surface area contributed by atoms with E-state index in [1.165, 1.54) is 12.1 Å². The maximum Gasteiger partial charge on any atom is 0.226 e. The van der Waals surface area contributed by atoms with Crippen LogP contribution in [0.15, 0.2) is 54.6 Å². The van der Waals surface area contributed by atoms with E-state index < -0.39 is 0 Å². The van der Waals surface area contributed by atoms with Gasteiger partial charge in [-0.2, -0.15) is 0 Å². The van der Waals surface area contributed by atoms with Crippen molar-refractivity contribution in [1.29, 1.82) is 0 Å². The number of piperidine rings is 1. The van der Waals surface area contributed by atoms with Crippen molar-refractivity contribution in [2.45, 2.75) is 44.7 Å². The minimum absolute atomic E-state index is 0.0113. The number of ether oxygens (including phenoxy) is 1. The minimum Gasteiger partial charge on any atom is -0.493 e. The first-order valence-electron chi connectivity index (χ1n) is 10.4. The van der Waals surface area contributed by atoms with E-state index >= 15 is 0 Å². The SMILES string of the molecule is CC1(C)C[C@@H]2CN(C(=O)CCOc3ccccc3)CC[C@@H]2N1c1ccc(F)cc1. The molecule has 0 aliphatic carbocycles. The molecule has 2 atom stereocenters. The summed E-state index contributed by atoms with van der Waals surface area (Å²) in [6.07, 6.45) is 2.37. The minimum atomic E-state index is -0.208. The molecule has 2 fully saturated rings. The van der Waals surface area contributed by atoms with Crippen molar-refractivity contribution in [3.05, 3.63) is 60.4 Å². The van der Waals surface area contributed by atoms with Crippen molar-refractivity contribution in [1.82, 2.24) is 4.90 Å². The molecule has 2 saturated heterocycles. The topological polar surface area (TPSA) is 32.8 Å². The molecule has 2 aromatic carbocycles. The van der Waals surface area contributed by atoms with Crippen LogP contribution in [-0.4, -0.2) is 42.1 Å². The Morgan fingerprint density at radius 3 is 2.59 bits per heavy atom. The maximum atomic E-state index is 13.4. The quantitative estimate of drug-likeness (QED) is 0.746. The first kappa shape index (κ1) is 19.7. The number of nitrogens with zero attached hydrogens (tertiary/aromatic N) is 2. The van der Waals surface area contributed by atoms with Crippen LogP contribution in [-0.2, 0) is 4.79 Å². The average Bonchev–Trinajstić information content (AvgIpc) is 2.98. The van der Waals surface area contributed by atoms with Crippen LogP contribution in [0.5, 0.6) is 5.75 Å². The van der Waals surface area contributed by atoms with Crippen LogP contribution in [0.4, 0.5) is 10.1 Å². The van der Waals surface area contributed by atoms with Gasteiger partial charge < -0.3 is 14.5 Å². The number of likely N-dealkylation sites (tertiary alicyclic amines) is 1. The van der Waals surface area contributed by atoms with Crippen molar-refractivity contribution in [2.24, 2.45) is 5.92 Å². The van der Waals surface area contributed by atoms with E-state index in [1.807, 2.05) is 47.4 Å². The van der Waals surface area contributed by atoms with Gasteiger partial charge in [0.2, 0.25) is 5.91 Å². The standard InChI is InChI=1S/C24H29FN2O2/c1-24(2)16-18-17-26(23(28)13-15-29-21-6-4-3-5-7-21)14-12-22(18)27(24)20-10-8-19(25)9-11-20/h3-11,18,22H,12-17H2,1-2H3/t18-,22+/m1/s1. The normalized spacial score (nSPS) is 23.0. The smallest absolute Gasteiger partial charge is 0.226 e. The zero-order valence-electron chi connectivity index (χ0n) is 17.2. The number of hydrogen-bond donors (Lipinski definition) is 0. The van der Waals surface area contributed by atoms with Crippen LogP contribution in [0.1, 0.15) is 33.1 Å². The Labute approximate surface area is 172 Å². The molecule has 2 aliphatic rings. The molecule has 0 saturated carbocycles. The van der Waals surface area contributed by atoms with Gasteiger partial charge in [0.1, 0.15) is 11.6 Å². The molecule has 0 aromatic heterocycles. The summed E-state index contributed by atoms with van der Waals surface area (Å²) >= 11 is 0. The number of hydrogen-bond acceptors (Lipinski definition) is 3. The fraction of sp³-hybridized carbons (Fsp3) is 0.458. The molecule has 2 aliphatic heterocycles. The van der Waals surface area contributed by atoms with E-state index in [4.69, 9.17) is 4.74 Å². The zero-order valence-corrected chi connectivity index (χ0v) is 17.2. The molecule has 0 spiro atoms. The zero-order chi connectivity index (χ0) is 20.4. The molecule has 2 heterocycles. The van der Waals surface area contributed by atoms with Crippen LogP contribution in [0, 0.1) is 11.7 Å². The van der Waals surface area contributed by atoms with Gasteiger partial charge in [-0.15, -0.1) is 0 Å². The fourth-order valence-corrected chi connectivity index (χ4v) is 5.05. The molecule has 5 heteroatoms. The molecule has 29 heavy (non-hydrogen) atoms. The lowest BCUT2D eigenvalue weighted by Crippen LogP contribution is -2.50. The predicted molar refractivity (Wildman–Crippen MR) is 113 cm³/mol. The van der Waals surface area contributed by atoms with Gasteiger partial charge in [-0.05, 0) is 69.0 Å². The lowest BCUT2D eigenvalue weighted by molar-refractivity contribution is -0.133. The molecular weight excluding hydrogens is 367 g/mol. The summed E-state index contributed by atoms with van der Waals surface area (Å²) < 4.78 is 19.1. The Balaban J connectivity index is 1.36. The van der Waals surface area contributed by atoms with Crippen molar-refractivity contribution in [2.75, 3.05) is 24.6 Å². The van der Waals surface area contributed by atoms with Gasteiger partial charge in [-0.3, -0.25) is 4.79 Å². The Kier molecular flexibility index (Phi) is 5.48. The largest absolute Gasteiger partial charge is 0.493 e. The highest BCUT2D eigenvalue weighted by molar-refractivity contribution is 5.76. The van der Waals surface area contributed by atoms with Gasteiger partial charge in [0.25, 0.3) is 0 Å². The highest BCUT2D eigenvalue weighted by Gasteiger charge is 2.48. The number of halogens is 1. The Hall–Kier alpha value is -2.56. The highest BCUT2D eigenvalue weighted by atomic mass is 19.1. The first-order chi connectivity index (χ1) is 13.9. The molecule has 4 rings (SSSR count). The summed E-state index contributed by atoms with van der Waals surface area (Å²) in [5, 5.41) is 0. The lowest BCUT2D eigenvalue weighted by Gasteiger charge is -2.42. The average molecular weight is 397 g/mol. The number of benzene rings is 2. The first-order valence-corrected chi connectivity index (χ1v) is 10.4. The molecule has 1 amide bonds. The molecule has 2 aromatic rings. The van der Waals surface area contributed by atoms with Gasteiger partial charge in [0, 0.05) is 30.4 Å². The predicted octanol–water partition coefficient (Wildman–Crippen LogP) is 4.50. The molecular formula is C24H29FN2O2. The van der Waals surface area contributed by atoms with Crippen molar-refractivity contribution in [3.63, 3.8) is 0 Å². The molecule has 0 radical (unpaired) electrons. The second-order valence-corrected chi connectivity index (χ2v) is 8.73. The van der Waals surface area contributed by atoms with Gasteiger partial charge in [-0.25, -0.2) is 4.39 Å². The van der Waals surface area contributed by atoms with Crippen LogP contribution < -0.4 is 9.64 Å². The molecule has 0 bridgehead atoms. The van der Waals surface area contributed by atoms with E-state index in [0.29, 0.717) is 25.0 Å². The van der Waals surface area contributed by atoms with Crippen molar-refractivity contribution in [3.8, 4) is 5.75 Å². The number of amides is 1. The van der Waals surface area contributed by atoms with Gasteiger partial charge in [0.15, 0.2) is 0 Å². The third kappa shape index (κ3) is 4.24. The van der Waals surface area contributed by atoms with Crippen molar-refractivity contribution >= 4 is 11.6 Å². The van der Waals surface area contributed by atoms with Gasteiger partial charge in [0.05, 0.1) is 13.0 Å². The third-order valence-electron chi connectivity index (χ3n) is 6.22. The van der Waals surface area contributed by atoms with Crippen LogP contribution >= 0.6 is 0 Å². The number of anilines is 1. The second-order valence-electron chi connectivity index (χ2n) is 8.73. The summed E-state index contributed by atoms with van der Waals surface area (Å²) in [4.78, 5) is 17.2. The lowest BCUT2D eigenvalue weighted by atomic mass is 9.89. The van der Waals surface area contributed by atoms with Gasteiger partial charge in [-0.1, -0.05) is 18.2 Å². The monoisotopic (exact) mass is 396 g/mol. The Morgan fingerprint density at radius 1 is 1.14 bits per heavy atom. The van der Waals surface area contributed by atoms with Crippen molar-refractivity contribution < 1.29 is 13.9 Å². The summed E-state index contributed by atoms with van der Waals surface area (Å²) in [5.41, 5.74) is 1.06. The molecule has 0 unspecified atom stereocenters. The molecule has 0 N–H and O–H groups in total. The molecule has 154 valence electrons. The number of para-hydroxylation sites is 1. The van der Waals surface area contributed by atoms with Crippen LogP contribution in [0.3, 0.4) is 0 Å². The fourth-order valence-electron chi connectivity index (χ4n) is 5.05. The number of carbonyl (C=O) groups is 1. The summed E-state index contributed by atoms with van der Waals surface area (Å²) in [5.74, 6) is 1.19. The van der Waals surface area contributed by atoms with E-state index in [9.17, 15) is 9.18 Å². The maximum absolute atomic E-state index is 13.4.